The van der Waals surface area contributed by atoms with Gasteiger partial charge in [-0.1, -0.05) is 18.2 Å². The van der Waals surface area contributed by atoms with Crippen molar-refractivity contribution in [3.63, 3.8) is 0 Å². The summed E-state index contributed by atoms with van der Waals surface area (Å²) in [6.07, 6.45) is 1.37. The lowest BCUT2D eigenvalue weighted by molar-refractivity contribution is -0.135. The first-order chi connectivity index (χ1) is 8.66. The van der Waals surface area contributed by atoms with Gasteiger partial charge in [0.05, 0.1) is 6.54 Å². The van der Waals surface area contributed by atoms with Gasteiger partial charge in [0.1, 0.15) is 18.0 Å². The number of nitrogens with zero attached hydrogens (tertiary/aromatic N) is 2. The Bertz CT molecular complexity index is 522. The van der Waals surface area contributed by atoms with Crippen molar-refractivity contribution in [2.24, 2.45) is 0 Å². The molecule has 0 unspecified atom stereocenters. The topological polar surface area (TPSA) is 66.6 Å². The highest BCUT2D eigenvalue weighted by Crippen LogP contribution is 2.17. The van der Waals surface area contributed by atoms with Gasteiger partial charge in [0.2, 0.25) is 0 Å². The van der Waals surface area contributed by atoms with Gasteiger partial charge in [-0.2, -0.15) is 0 Å². The monoisotopic (exact) mass is 246 g/mol. The predicted molar refractivity (Wildman–Crippen MR) is 66.4 cm³/mol. The summed E-state index contributed by atoms with van der Waals surface area (Å²) in [5.41, 5.74) is 1.60. The van der Waals surface area contributed by atoms with E-state index in [4.69, 9.17) is 9.52 Å². The van der Waals surface area contributed by atoms with Crippen LogP contribution < -0.4 is 4.90 Å². The summed E-state index contributed by atoms with van der Waals surface area (Å²) in [7, 11) is 0. The van der Waals surface area contributed by atoms with E-state index >= 15 is 0 Å². The summed E-state index contributed by atoms with van der Waals surface area (Å²) in [5, 5.41) is 8.96. The standard InChI is InChI=1S/C13H14N2O3/c1-10-12(14-9-18-10)7-15(8-13(16)17)11-5-3-2-4-6-11/h2-6,9H,7-8H2,1H3,(H,16,17). The first-order valence-corrected chi connectivity index (χ1v) is 5.57. The van der Waals surface area contributed by atoms with Crippen LogP contribution in [0.2, 0.25) is 0 Å². The Balaban J connectivity index is 2.21. The Hall–Kier alpha value is -2.30. The van der Waals surface area contributed by atoms with Crippen molar-refractivity contribution in [3.8, 4) is 0 Å². The van der Waals surface area contributed by atoms with Crippen LogP contribution in [0, 0.1) is 6.92 Å². The molecule has 1 aromatic heterocycles. The third kappa shape index (κ3) is 2.88. The minimum atomic E-state index is -0.875. The molecule has 0 spiro atoms. The highest BCUT2D eigenvalue weighted by molar-refractivity contribution is 5.73. The molecule has 0 amide bonds. The molecule has 0 fully saturated rings. The molecule has 0 aliphatic carbocycles. The molecule has 0 saturated carbocycles. The van der Waals surface area contributed by atoms with Crippen LogP contribution in [0.3, 0.4) is 0 Å². The number of benzene rings is 1. The number of carbonyl (C=O) groups is 1. The first kappa shape index (κ1) is 12.2. The lowest BCUT2D eigenvalue weighted by Crippen LogP contribution is -2.29. The van der Waals surface area contributed by atoms with E-state index in [1.165, 1.54) is 6.39 Å². The molecule has 0 radical (unpaired) electrons. The number of para-hydroxylation sites is 1. The van der Waals surface area contributed by atoms with Crippen molar-refractivity contribution in [2.45, 2.75) is 13.5 Å². The van der Waals surface area contributed by atoms with Crippen LogP contribution in [-0.2, 0) is 11.3 Å². The van der Waals surface area contributed by atoms with E-state index in [9.17, 15) is 4.79 Å². The van der Waals surface area contributed by atoms with Crippen LogP contribution in [0.5, 0.6) is 0 Å². The van der Waals surface area contributed by atoms with Crippen molar-refractivity contribution in [1.82, 2.24) is 4.98 Å². The number of carboxylic acid groups (broad SMARTS) is 1. The number of carboxylic acids is 1. The fourth-order valence-corrected chi connectivity index (χ4v) is 1.70. The average Bonchev–Trinajstić information content (AvgIpc) is 2.75. The Labute approximate surface area is 105 Å². The zero-order chi connectivity index (χ0) is 13.0. The molecule has 5 heteroatoms. The van der Waals surface area contributed by atoms with E-state index in [-0.39, 0.29) is 6.54 Å². The molecule has 5 nitrogen and oxygen atoms in total. The average molecular weight is 246 g/mol. The van der Waals surface area contributed by atoms with Gasteiger partial charge >= 0.3 is 5.97 Å². The SMILES string of the molecule is Cc1ocnc1CN(CC(=O)O)c1ccccc1. The maximum absolute atomic E-state index is 10.9. The smallest absolute Gasteiger partial charge is 0.323 e. The van der Waals surface area contributed by atoms with Gasteiger partial charge in [-0.05, 0) is 19.1 Å². The van der Waals surface area contributed by atoms with E-state index in [1.54, 1.807) is 4.90 Å². The lowest BCUT2D eigenvalue weighted by Gasteiger charge is -2.21. The second-order valence-electron chi connectivity index (χ2n) is 3.94. The molecule has 18 heavy (non-hydrogen) atoms. The molecular weight excluding hydrogens is 232 g/mol. The van der Waals surface area contributed by atoms with Gasteiger partial charge in [-0.3, -0.25) is 4.79 Å². The van der Waals surface area contributed by atoms with Gasteiger partial charge in [0.15, 0.2) is 6.39 Å². The highest BCUT2D eigenvalue weighted by atomic mass is 16.4. The van der Waals surface area contributed by atoms with E-state index in [1.807, 2.05) is 37.3 Å². The van der Waals surface area contributed by atoms with E-state index < -0.39 is 5.97 Å². The molecule has 1 N–H and O–H groups in total. The van der Waals surface area contributed by atoms with Crippen LogP contribution in [0.25, 0.3) is 0 Å². The molecule has 2 rings (SSSR count). The molecule has 2 aromatic rings. The largest absolute Gasteiger partial charge is 0.480 e. The number of aryl methyl sites for hydroxylation is 1. The number of hydrogen-bond acceptors (Lipinski definition) is 4. The zero-order valence-electron chi connectivity index (χ0n) is 10.0. The summed E-state index contributed by atoms with van der Waals surface area (Å²) < 4.78 is 5.12. The first-order valence-electron chi connectivity index (χ1n) is 5.57. The molecule has 0 atom stereocenters. The molecule has 1 aromatic carbocycles. The Morgan fingerprint density at radius 1 is 1.39 bits per heavy atom. The number of hydrogen-bond donors (Lipinski definition) is 1. The predicted octanol–water partition coefficient (Wildman–Crippen LogP) is 2.07. The van der Waals surface area contributed by atoms with Crippen LogP contribution >= 0.6 is 0 Å². The minimum Gasteiger partial charge on any atom is -0.480 e. The normalized spacial score (nSPS) is 10.3. The third-order valence-electron chi connectivity index (χ3n) is 2.63. The minimum absolute atomic E-state index is 0.0731. The molecule has 1 heterocycles. The molecule has 0 aliphatic heterocycles. The Morgan fingerprint density at radius 2 is 2.11 bits per heavy atom. The van der Waals surface area contributed by atoms with E-state index in [2.05, 4.69) is 4.98 Å². The Morgan fingerprint density at radius 3 is 2.67 bits per heavy atom. The second-order valence-corrected chi connectivity index (χ2v) is 3.94. The summed E-state index contributed by atoms with van der Waals surface area (Å²) in [6.45, 7) is 2.15. The van der Waals surface area contributed by atoms with Crippen LogP contribution in [-0.4, -0.2) is 22.6 Å². The molecule has 0 aliphatic rings. The number of aromatic nitrogens is 1. The number of oxazole rings is 1. The van der Waals surface area contributed by atoms with E-state index in [0.29, 0.717) is 12.3 Å². The second kappa shape index (κ2) is 5.35. The van der Waals surface area contributed by atoms with Crippen molar-refractivity contribution in [2.75, 3.05) is 11.4 Å². The van der Waals surface area contributed by atoms with Gasteiger partial charge < -0.3 is 14.4 Å². The Kier molecular flexibility index (Phi) is 3.62. The number of rotatable bonds is 5. The fourth-order valence-electron chi connectivity index (χ4n) is 1.70. The van der Waals surface area contributed by atoms with Gasteiger partial charge in [-0.25, -0.2) is 4.98 Å². The molecule has 0 saturated heterocycles. The maximum Gasteiger partial charge on any atom is 0.323 e. The van der Waals surface area contributed by atoms with Gasteiger partial charge in [0, 0.05) is 5.69 Å². The molecular formula is C13H14N2O3. The molecule has 94 valence electrons. The van der Waals surface area contributed by atoms with E-state index in [0.717, 1.165) is 11.4 Å². The highest BCUT2D eigenvalue weighted by Gasteiger charge is 2.14. The number of aliphatic carboxylic acids is 1. The zero-order valence-corrected chi connectivity index (χ0v) is 10.0. The van der Waals surface area contributed by atoms with Crippen molar-refractivity contribution >= 4 is 11.7 Å². The van der Waals surface area contributed by atoms with Crippen LogP contribution in [0.4, 0.5) is 5.69 Å². The van der Waals surface area contributed by atoms with Gasteiger partial charge in [0.25, 0.3) is 0 Å². The lowest BCUT2D eigenvalue weighted by atomic mass is 10.2. The number of anilines is 1. The summed E-state index contributed by atoms with van der Waals surface area (Å²) in [6, 6.07) is 9.39. The third-order valence-corrected chi connectivity index (χ3v) is 2.63. The van der Waals surface area contributed by atoms with Crippen molar-refractivity contribution in [1.29, 1.82) is 0 Å². The molecule has 0 bridgehead atoms. The quantitative estimate of drug-likeness (QED) is 0.874. The summed E-state index contributed by atoms with van der Waals surface area (Å²) in [5.74, 6) is -0.165. The van der Waals surface area contributed by atoms with Gasteiger partial charge in [-0.15, -0.1) is 0 Å². The van der Waals surface area contributed by atoms with Crippen molar-refractivity contribution in [3.05, 3.63) is 48.2 Å². The maximum atomic E-state index is 10.9. The fraction of sp³-hybridized carbons (Fsp3) is 0.231. The van der Waals surface area contributed by atoms with Crippen LogP contribution in [0.1, 0.15) is 11.5 Å². The van der Waals surface area contributed by atoms with Crippen LogP contribution in [0.15, 0.2) is 41.1 Å². The summed E-state index contributed by atoms with van der Waals surface area (Å²) in [4.78, 5) is 16.7. The van der Waals surface area contributed by atoms with Crippen molar-refractivity contribution < 1.29 is 14.3 Å². The summed E-state index contributed by atoms with van der Waals surface area (Å²) >= 11 is 0.